The Bertz CT molecular complexity index is 817. The predicted octanol–water partition coefficient (Wildman–Crippen LogP) is 3.55. The average molecular weight is 404 g/mol. The molecule has 0 radical (unpaired) electrons. The highest BCUT2D eigenvalue weighted by Crippen LogP contribution is 2.20. The van der Waals surface area contributed by atoms with Crippen LogP contribution < -0.4 is 5.32 Å². The first-order chi connectivity index (χ1) is 11.9. The average Bonchev–Trinajstić information content (AvgIpc) is 2.55. The second kappa shape index (κ2) is 8.58. The van der Waals surface area contributed by atoms with E-state index in [2.05, 4.69) is 26.0 Å². The zero-order valence-electron chi connectivity index (χ0n) is 14.0. The maximum Gasteiger partial charge on any atom is 0.310 e. The lowest BCUT2D eigenvalue weighted by atomic mass is 10.1. The highest BCUT2D eigenvalue weighted by molar-refractivity contribution is 9.10. The van der Waals surface area contributed by atoms with Crippen molar-refractivity contribution >= 4 is 39.3 Å². The number of carbonyl (C=O) groups is 3. The fourth-order valence-corrected chi connectivity index (χ4v) is 2.93. The lowest BCUT2D eigenvalue weighted by Crippen LogP contribution is -2.15. The van der Waals surface area contributed by atoms with Crippen LogP contribution in [-0.2, 0) is 27.2 Å². The van der Waals surface area contributed by atoms with Crippen molar-refractivity contribution in [2.75, 3.05) is 12.4 Å². The van der Waals surface area contributed by atoms with Crippen LogP contribution >= 0.6 is 15.9 Å². The summed E-state index contributed by atoms with van der Waals surface area (Å²) in [5.74, 6) is -0.677. The van der Waals surface area contributed by atoms with Gasteiger partial charge in [-0.3, -0.25) is 14.4 Å². The molecule has 0 unspecified atom stereocenters. The largest absolute Gasteiger partial charge is 0.469 e. The van der Waals surface area contributed by atoms with Crippen LogP contribution in [0, 0.1) is 0 Å². The van der Waals surface area contributed by atoms with E-state index in [1.165, 1.54) is 14.0 Å². The summed E-state index contributed by atoms with van der Waals surface area (Å²) in [6.45, 7) is 1.50. The summed E-state index contributed by atoms with van der Waals surface area (Å²) in [5, 5.41) is 2.81. The zero-order chi connectivity index (χ0) is 18.4. The molecule has 0 heterocycles. The molecule has 0 aliphatic heterocycles. The van der Waals surface area contributed by atoms with E-state index in [4.69, 9.17) is 0 Å². The molecule has 2 rings (SSSR count). The molecule has 1 amide bonds. The number of carbonyl (C=O) groups excluding carboxylic acids is 3. The van der Waals surface area contributed by atoms with Crippen LogP contribution in [0.4, 0.5) is 5.69 Å². The van der Waals surface area contributed by atoms with E-state index in [0.717, 1.165) is 10.0 Å². The molecule has 6 heteroatoms. The summed E-state index contributed by atoms with van der Waals surface area (Å²) >= 11 is 3.36. The molecule has 0 bridgehead atoms. The zero-order valence-corrected chi connectivity index (χ0v) is 15.6. The number of ether oxygens (including phenoxy) is 1. The number of hydrogen-bond donors (Lipinski definition) is 1. The van der Waals surface area contributed by atoms with Crippen molar-refractivity contribution in [3.05, 3.63) is 63.6 Å². The van der Waals surface area contributed by atoms with E-state index in [1.807, 2.05) is 6.07 Å². The van der Waals surface area contributed by atoms with Crippen LogP contribution in [0.25, 0.3) is 0 Å². The van der Waals surface area contributed by atoms with Gasteiger partial charge in [0.15, 0.2) is 0 Å². The SMILES string of the molecule is COC(=O)Cc1ccccc1NC(=O)c1cc(Br)cc(CC(C)=O)c1. The van der Waals surface area contributed by atoms with Gasteiger partial charge in [0, 0.05) is 22.1 Å². The number of benzene rings is 2. The molecule has 130 valence electrons. The van der Waals surface area contributed by atoms with Gasteiger partial charge >= 0.3 is 5.97 Å². The number of Topliss-reactive ketones (excluding diaryl/α,β-unsaturated/α-hetero) is 1. The molecule has 0 saturated carbocycles. The van der Waals surface area contributed by atoms with Gasteiger partial charge in [-0.05, 0) is 42.3 Å². The Morgan fingerprint density at radius 2 is 1.80 bits per heavy atom. The molecule has 5 nitrogen and oxygen atoms in total. The van der Waals surface area contributed by atoms with E-state index in [1.54, 1.807) is 36.4 Å². The van der Waals surface area contributed by atoms with E-state index in [-0.39, 0.29) is 30.5 Å². The van der Waals surface area contributed by atoms with Crippen LogP contribution in [0.5, 0.6) is 0 Å². The van der Waals surface area contributed by atoms with Crippen molar-refractivity contribution in [2.24, 2.45) is 0 Å². The number of hydrogen-bond acceptors (Lipinski definition) is 4. The summed E-state index contributed by atoms with van der Waals surface area (Å²) in [6.07, 6.45) is 0.333. The highest BCUT2D eigenvalue weighted by atomic mass is 79.9. The summed E-state index contributed by atoms with van der Waals surface area (Å²) in [7, 11) is 1.32. The van der Waals surface area contributed by atoms with Gasteiger partial charge in [-0.25, -0.2) is 0 Å². The Labute approximate surface area is 154 Å². The molecule has 2 aromatic carbocycles. The summed E-state index contributed by atoms with van der Waals surface area (Å²) in [5.41, 5.74) is 2.40. The van der Waals surface area contributed by atoms with Gasteiger partial charge in [-0.1, -0.05) is 34.1 Å². The first-order valence-corrected chi connectivity index (χ1v) is 8.43. The standard InChI is InChI=1S/C19H18BrNO4/c1-12(22)7-13-8-15(10-16(20)9-13)19(24)21-17-6-4-3-5-14(17)11-18(23)25-2/h3-6,8-10H,7,11H2,1-2H3,(H,21,24). The molecule has 0 aliphatic carbocycles. The highest BCUT2D eigenvalue weighted by Gasteiger charge is 2.13. The molecule has 0 aliphatic rings. The van der Waals surface area contributed by atoms with Crippen LogP contribution in [0.15, 0.2) is 46.9 Å². The third-order valence-electron chi connectivity index (χ3n) is 3.50. The van der Waals surface area contributed by atoms with Gasteiger partial charge in [0.25, 0.3) is 5.91 Å². The van der Waals surface area contributed by atoms with Crippen molar-refractivity contribution in [1.29, 1.82) is 0 Å². The van der Waals surface area contributed by atoms with Gasteiger partial charge in [-0.15, -0.1) is 0 Å². The van der Waals surface area contributed by atoms with Gasteiger partial charge < -0.3 is 10.1 Å². The minimum Gasteiger partial charge on any atom is -0.469 e. The molecule has 1 N–H and O–H groups in total. The fourth-order valence-electron chi connectivity index (χ4n) is 2.39. The third kappa shape index (κ3) is 5.53. The smallest absolute Gasteiger partial charge is 0.310 e. The molecule has 25 heavy (non-hydrogen) atoms. The topological polar surface area (TPSA) is 72.5 Å². The molecule has 0 saturated heterocycles. The van der Waals surface area contributed by atoms with Crippen LogP contribution in [-0.4, -0.2) is 24.8 Å². The van der Waals surface area contributed by atoms with Crippen molar-refractivity contribution in [2.45, 2.75) is 19.8 Å². The van der Waals surface area contributed by atoms with Gasteiger partial charge in [0.05, 0.1) is 13.5 Å². The lowest BCUT2D eigenvalue weighted by Gasteiger charge is -2.11. The summed E-state index contributed by atoms with van der Waals surface area (Å²) in [6, 6.07) is 12.2. The van der Waals surface area contributed by atoms with E-state index in [0.29, 0.717) is 16.8 Å². The fraction of sp³-hybridized carbons (Fsp3) is 0.211. The van der Waals surface area contributed by atoms with Crippen molar-refractivity contribution in [3.63, 3.8) is 0 Å². The third-order valence-corrected chi connectivity index (χ3v) is 3.96. The lowest BCUT2D eigenvalue weighted by molar-refractivity contribution is -0.139. The number of para-hydroxylation sites is 1. The number of halogens is 1. The Balaban J connectivity index is 2.24. The summed E-state index contributed by atoms with van der Waals surface area (Å²) in [4.78, 5) is 35.4. The second-order valence-electron chi connectivity index (χ2n) is 5.59. The van der Waals surface area contributed by atoms with Crippen molar-refractivity contribution in [3.8, 4) is 0 Å². The molecule has 0 aromatic heterocycles. The molecule has 0 spiro atoms. The maximum atomic E-state index is 12.6. The molecule has 0 fully saturated rings. The molecule has 0 atom stereocenters. The minimum atomic E-state index is -0.382. The Kier molecular flexibility index (Phi) is 6.47. The van der Waals surface area contributed by atoms with Crippen LogP contribution in [0.3, 0.4) is 0 Å². The number of esters is 1. The van der Waals surface area contributed by atoms with E-state index >= 15 is 0 Å². The first-order valence-electron chi connectivity index (χ1n) is 7.64. The van der Waals surface area contributed by atoms with Crippen LogP contribution in [0.2, 0.25) is 0 Å². The number of nitrogens with one attached hydrogen (secondary N) is 1. The maximum absolute atomic E-state index is 12.6. The van der Waals surface area contributed by atoms with Gasteiger partial charge in [0.1, 0.15) is 5.78 Å². The second-order valence-corrected chi connectivity index (χ2v) is 6.51. The minimum absolute atomic E-state index is 0.0212. The number of ketones is 1. The predicted molar refractivity (Wildman–Crippen MR) is 98.6 cm³/mol. The van der Waals surface area contributed by atoms with Crippen LogP contribution in [0.1, 0.15) is 28.4 Å². The van der Waals surface area contributed by atoms with Gasteiger partial charge in [-0.2, -0.15) is 0 Å². The normalized spacial score (nSPS) is 10.2. The first kappa shape index (κ1) is 18.9. The Morgan fingerprint density at radius 1 is 1.08 bits per heavy atom. The number of anilines is 1. The molecular weight excluding hydrogens is 386 g/mol. The van der Waals surface area contributed by atoms with E-state index < -0.39 is 0 Å². The van der Waals surface area contributed by atoms with Crippen molar-refractivity contribution in [1.82, 2.24) is 0 Å². The monoisotopic (exact) mass is 403 g/mol. The Hall–Kier alpha value is -2.47. The molecule has 2 aromatic rings. The number of methoxy groups -OCH3 is 1. The quantitative estimate of drug-likeness (QED) is 0.748. The van der Waals surface area contributed by atoms with Gasteiger partial charge in [0.2, 0.25) is 0 Å². The molecular formula is C19H18BrNO4. The summed E-state index contributed by atoms with van der Waals surface area (Å²) < 4.78 is 5.40. The number of rotatable bonds is 6. The number of amides is 1. The van der Waals surface area contributed by atoms with Crippen molar-refractivity contribution < 1.29 is 19.1 Å². The Morgan fingerprint density at radius 3 is 2.48 bits per heavy atom. The van der Waals surface area contributed by atoms with E-state index in [9.17, 15) is 14.4 Å².